The van der Waals surface area contributed by atoms with E-state index < -0.39 is 5.82 Å². The van der Waals surface area contributed by atoms with Gasteiger partial charge in [0.25, 0.3) is 5.91 Å². The largest absolute Gasteiger partial charge is 0.377 e. The number of carbonyl (C=O) groups is 2. The van der Waals surface area contributed by atoms with Crippen molar-refractivity contribution in [2.24, 2.45) is 11.3 Å². The van der Waals surface area contributed by atoms with Gasteiger partial charge in [-0.15, -0.1) is 0 Å². The molecule has 0 aliphatic carbocycles. The molecule has 0 saturated heterocycles. The molecule has 0 atom stereocenters. The third-order valence-electron chi connectivity index (χ3n) is 4.89. The summed E-state index contributed by atoms with van der Waals surface area (Å²) in [7, 11) is 3.90. The molecule has 0 aromatic heterocycles. The Kier molecular flexibility index (Phi) is 8.42. The van der Waals surface area contributed by atoms with Gasteiger partial charge in [-0.3, -0.25) is 9.59 Å². The summed E-state index contributed by atoms with van der Waals surface area (Å²) in [5.41, 5.74) is 2.68. The van der Waals surface area contributed by atoms with Gasteiger partial charge in [0.2, 0.25) is 5.91 Å². The molecule has 1 N–H and O–H groups in total. The van der Waals surface area contributed by atoms with Gasteiger partial charge in [-0.05, 0) is 53.3 Å². The van der Waals surface area contributed by atoms with E-state index in [9.17, 15) is 14.0 Å². The molecular weight excluding hydrogens is 405 g/mol. The molecule has 0 radical (unpaired) electrons. The fourth-order valence-electron chi connectivity index (χ4n) is 3.53. The van der Waals surface area contributed by atoms with Crippen LogP contribution in [-0.2, 0) is 11.3 Å². The minimum Gasteiger partial charge on any atom is -0.377 e. The van der Waals surface area contributed by atoms with Gasteiger partial charge in [0.15, 0.2) is 0 Å². The second kappa shape index (κ2) is 10.6. The van der Waals surface area contributed by atoms with Crippen LogP contribution in [0.3, 0.4) is 0 Å². The standard InChI is InChI=1S/C26H36FN3O2/c1-18(2)16-30(24(31)15-26(3,4)5)17-20-14-22(11-12-23(20)29(6)7)28-25(32)19-9-8-10-21(27)13-19/h8-14,18H,15-17H2,1-7H3,(H,28,32). The van der Waals surface area contributed by atoms with Crippen molar-refractivity contribution >= 4 is 23.2 Å². The molecule has 0 unspecified atom stereocenters. The number of halogens is 1. The number of nitrogens with zero attached hydrogens (tertiary/aromatic N) is 2. The topological polar surface area (TPSA) is 52.7 Å². The van der Waals surface area contributed by atoms with Crippen LogP contribution in [-0.4, -0.2) is 37.4 Å². The molecule has 2 aromatic carbocycles. The third-order valence-corrected chi connectivity index (χ3v) is 4.89. The normalized spacial score (nSPS) is 11.4. The lowest BCUT2D eigenvalue weighted by atomic mass is 9.91. The molecule has 2 aromatic rings. The molecule has 32 heavy (non-hydrogen) atoms. The molecule has 2 rings (SSSR count). The maximum absolute atomic E-state index is 13.5. The predicted molar refractivity (Wildman–Crippen MR) is 129 cm³/mol. The molecule has 0 fully saturated rings. The van der Waals surface area contributed by atoms with Gasteiger partial charge in [-0.25, -0.2) is 4.39 Å². The highest BCUT2D eigenvalue weighted by atomic mass is 19.1. The highest BCUT2D eigenvalue weighted by Gasteiger charge is 2.23. The second-order valence-corrected chi connectivity index (χ2v) is 10.1. The first kappa shape index (κ1) is 25.4. The molecule has 0 bridgehead atoms. The summed E-state index contributed by atoms with van der Waals surface area (Å²) in [6.07, 6.45) is 0.465. The summed E-state index contributed by atoms with van der Waals surface area (Å²) in [6, 6.07) is 11.2. The number of amides is 2. The average molecular weight is 442 g/mol. The van der Waals surface area contributed by atoms with Crippen molar-refractivity contribution < 1.29 is 14.0 Å². The van der Waals surface area contributed by atoms with Crippen molar-refractivity contribution in [3.63, 3.8) is 0 Å². The van der Waals surface area contributed by atoms with Crippen molar-refractivity contribution in [3.8, 4) is 0 Å². The zero-order valence-electron chi connectivity index (χ0n) is 20.3. The van der Waals surface area contributed by atoms with Crippen LogP contribution in [0.1, 0.15) is 57.0 Å². The van der Waals surface area contributed by atoms with Crippen molar-refractivity contribution in [2.75, 3.05) is 30.9 Å². The molecule has 5 nitrogen and oxygen atoms in total. The number of nitrogens with one attached hydrogen (secondary N) is 1. The molecule has 0 spiro atoms. The van der Waals surface area contributed by atoms with E-state index in [2.05, 4.69) is 39.9 Å². The smallest absolute Gasteiger partial charge is 0.255 e. The van der Waals surface area contributed by atoms with Crippen LogP contribution in [0.4, 0.5) is 15.8 Å². The Morgan fingerprint density at radius 1 is 1.06 bits per heavy atom. The molecular formula is C26H36FN3O2. The second-order valence-electron chi connectivity index (χ2n) is 10.1. The van der Waals surface area contributed by atoms with Crippen LogP contribution < -0.4 is 10.2 Å². The van der Waals surface area contributed by atoms with Crippen LogP contribution in [0.2, 0.25) is 0 Å². The monoisotopic (exact) mass is 441 g/mol. The van der Waals surface area contributed by atoms with Gasteiger partial charge in [-0.1, -0.05) is 40.7 Å². The van der Waals surface area contributed by atoms with Gasteiger partial charge in [-0.2, -0.15) is 0 Å². The van der Waals surface area contributed by atoms with Crippen LogP contribution >= 0.6 is 0 Å². The molecule has 174 valence electrons. The Morgan fingerprint density at radius 3 is 2.31 bits per heavy atom. The van der Waals surface area contributed by atoms with Crippen LogP contribution in [0, 0.1) is 17.2 Å². The van der Waals surface area contributed by atoms with Gasteiger partial charge < -0.3 is 15.1 Å². The predicted octanol–water partition coefficient (Wildman–Crippen LogP) is 5.56. The van der Waals surface area contributed by atoms with E-state index in [-0.39, 0.29) is 22.8 Å². The summed E-state index contributed by atoms with van der Waals surface area (Å²) in [4.78, 5) is 29.5. The van der Waals surface area contributed by atoms with E-state index in [4.69, 9.17) is 0 Å². The minimum atomic E-state index is -0.456. The lowest BCUT2D eigenvalue weighted by molar-refractivity contribution is -0.134. The Bertz CT molecular complexity index is 948. The SMILES string of the molecule is CC(C)CN(Cc1cc(NC(=O)c2cccc(F)c2)ccc1N(C)C)C(=O)CC(C)(C)C. The van der Waals surface area contributed by atoms with E-state index in [0.29, 0.717) is 31.1 Å². The van der Waals surface area contributed by atoms with Crippen molar-refractivity contribution in [1.82, 2.24) is 4.90 Å². The quantitative estimate of drug-likeness (QED) is 0.583. The Balaban J connectivity index is 2.32. The minimum absolute atomic E-state index is 0.0997. The summed E-state index contributed by atoms with van der Waals surface area (Å²) >= 11 is 0. The van der Waals surface area contributed by atoms with E-state index >= 15 is 0 Å². The highest BCUT2D eigenvalue weighted by Crippen LogP contribution is 2.27. The maximum Gasteiger partial charge on any atom is 0.255 e. The lowest BCUT2D eigenvalue weighted by Crippen LogP contribution is -2.36. The number of hydrogen-bond donors (Lipinski definition) is 1. The Hall–Kier alpha value is -2.89. The first-order valence-corrected chi connectivity index (χ1v) is 11.0. The van der Waals surface area contributed by atoms with Crippen molar-refractivity contribution in [1.29, 1.82) is 0 Å². The molecule has 0 heterocycles. The summed E-state index contributed by atoms with van der Waals surface area (Å²) in [5, 5.41) is 2.85. The number of hydrogen-bond acceptors (Lipinski definition) is 3. The van der Waals surface area contributed by atoms with E-state index in [1.165, 1.54) is 18.2 Å². The number of carbonyl (C=O) groups excluding carboxylic acids is 2. The van der Waals surface area contributed by atoms with Gasteiger partial charge >= 0.3 is 0 Å². The molecule has 0 saturated carbocycles. The van der Waals surface area contributed by atoms with Gasteiger partial charge in [0.1, 0.15) is 5.82 Å². The van der Waals surface area contributed by atoms with Crippen LogP contribution in [0.5, 0.6) is 0 Å². The van der Waals surface area contributed by atoms with Gasteiger partial charge in [0.05, 0.1) is 0 Å². The maximum atomic E-state index is 13.5. The van der Waals surface area contributed by atoms with E-state index in [0.717, 1.165) is 11.3 Å². The zero-order valence-corrected chi connectivity index (χ0v) is 20.3. The summed E-state index contributed by atoms with van der Waals surface area (Å²) < 4.78 is 13.5. The van der Waals surface area contributed by atoms with E-state index in [1.807, 2.05) is 42.1 Å². The Labute approximate surface area is 191 Å². The number of anilines is 2. The lowest BCUT2D eigenvalue weighted by Gasteiger charge is -2.30. The summed E-state index contributed by atoms with van der Waals surface area (Å²) in [5.74, 6) is -0.387. The fraction of sp³-hybridized carbons (Fsp3) is 0.462. The average Bonchev–Trinajstić information content (AvgIpc) is 2.65. The fourth-order valence-corrected chi connectivity index (χ4v) is 3.53. The first-order valence-electron chi connectivity index (χ1n) is 11.0. The van der Waals surface area contributed by atoms with Crippen LogP contribution in [0.25, 0.3) is 0 Å². The molecule has 0 aliphatic heterocycles. The first-order chi connectivity index (χ1) is 14.9. The Morgan fingerprint density at radius 2 is 1.75 bits per heavy atom. The van der Waals surface area contributed by atoms with Crippen molar-refractivity contribution in [3.05, 3.63) is 59.4 Å². The summed E-state index contributed by atoms with van der Waals surface area (Å²) in [6.45, 7) is 11.5. The van der Waals surface area contributed by atoms with Crippen LogP contribution in [0.15, 0.2) is 42.5 Å². The third kappa shape index (κ3) is 7.66. The highest BCUT2D eigenvalue weighted by molar-refractivity contribution is 6.04. The number of rotatable bonds is 8. The molecule has 2 amide bonds. The van der Waals surface area contributed by atoms with E-state index in [1.54, 1.807) is 6.07 Å². The van der Waals surface area contributed by atoms with Gasteiger partial charge in [0, 0.05) is 50.5 Å². The number of benzene rings is 2. The zero-order chi connectivity index (χ0) is 24.1. The van der Waals surface area contributed by atoms with Crippen molar-refractivity contribution in [2.45, 2.75) is 47.6 Å². The molecule has 0 aliphatic rings. The molecule has 6 heteroatoms.